The summed E-state index contributed by atoms with van der Waals surface area (Å²) in [4.78, 5) is 16.8. The molecule has 0 atom stereocenters. The van der Waals surface area contributed by atoms with E-state index in [4.69, 9.17) is 5.11 Å². The number of hydrogen-bond acceptors (Lipinski definition) is 3. The predicted octanol–water partition coefficient (Wildman–Crippen LogP) is 1.06. The summed E-state index contributed by atoms with van der Waals surface area (Å²) >= 11 is 0. The molecule has 1 aromatic heterocycles. The summed E-state index contributed by atoms with van der Waals surface area (Å²) in [5.41, 5.74) is -0.772. The number of carbonyl (C=O) groups excluding carboxylic acids is 1. The molecule has 1 amide bonds. The summed E-state index contributed by atoms with van der Waals surface area (Å²) in [6.45, 7) is 3.20. The van der Waals surface area contributed by atoms with Gasteiger partial charge in [0.1, 0.15) is 0 Å². The van der Waals surface area contributed by atoms with Crippen molar-refractivity contribution in [1.29, 1.82) is 0 Å². The quantitative estimate of drug-likeness (QED) is 0.838. The van der Waals surface area contributed by atoms with Gasteiger partial charge in [0.15, 0.2) is 5.82 Å². The zero-order chi connectivity index (χ0) is 12.3. The topological polar surface area (TPSA) is 53.4 Å². The molecule has 16 heavy (non-hydrogen) atoms. The fraction of sp³-hybridized carbons (Fsp3) is 0.455. The second-order valence-corrected chi connectivity index (χ2v) is 4.19. The van der Waals surface area contributed by atoms with Gasteiger partial charge in [-0.3, -0.25) is 9.78 Å². The second kappa shape index (κ2) is 4.57. The Bertz CT molecular complexity index is 393. The number of aliphatic hydroxyl groups excluding tert-OH is 1. The molecule has 1 aromatic rings. The van der Waals surface area contributed by atoms with Gasteiger partial charge in [-0.15, -0.1) is 0 Å². The van der Waals surface area contributed by atoms with Crippen molar-refractivity contribution in [2.45, 2.75) is 19.4 Å². The van der Waals surface area contributed by atoms with Crippen LogP contribution in [0.1, 0.15) is 24.2 Å². The molecule has 0 bridgehead atoms. The minimum absolute atomic E-state index is 0.0426. The molecule has 0 aromatic carbocycles. The van der Waals surface area contributed by atoms with Crippen LogP contribution in [0.4, 0.5) is 4.39 Å². The highest BCUT2D eigenvalue weighted by Crippen LogP contribution is 2.16. The van der Waals surface area contributed by atoms with Crippen LogP contribution in [0, 0.1) is 5.82 Å². The molecule has 5 heteroatoms. The van der Waals surface area contributed by atoms with E-state index in [9.17, 15) is 9.18 Å². The van der Waals surface area contributed by atoms with Crippen LogP contribution in [0.5, 0.6) is 0 Å². The molecule has 1 rings (SSSR count). The zero-order valence-electron chi connectivity index (χ0n) is 9.57. The highest BCUT2D eigenvalue weighted by atomic mass is 19.1. The third-order valence-corrected chi connectivity index (χ3v) is 2.60. The predicted molar refractivity (Wildman–Crippen MR) is 57.5 cm³/mol. The van der Waals surface area contributed by atoms with Crippen molar-refractivity contribution in [3.63, 3.8) is 0 Å². The normalized spacial score (nSPS) is 11.3. The lowest BCUT2D eigenvalue weighted by atomic mass is 10.0. The maximum absolute atomic E-state index is 13.3. The number of carbonyl (C=O) groups is 1. The van der Waals surface area contributed by atoms with Crippen LogP contribution in [-0.4, -0.2) is 40.1 Å². The average Bonchev–Trinajstić information content (AvgIpc) is 2.27. The van der Waals surface area contributed by atoms with E-state index in [2.05, 4.69) is 4.98 Å². The molecule has 88 valence electrons. The molecule has 0 fully saturated rings. The Morgan fingerprint density at radius 2 is 2.25 bits per heavy atom. The minimum Gasteiger partial charge on any atom is -0.394 e. The number of nitrogens with zero attached hydrogens (tertiary/aromatic N) is 2. The summed E-state index contributed by atoms with van der Waals surface area (Å²) in [5, 5.41) is 9.13. The van der Waals surface area contributed by atoms with E-state index < -0.39 is 17.3 Å². The van der Waals surface area contributed by atoms with Crippen molar-refractivity contribution >= 4 is 5.91 Å². The molecule has 0 radical (unpaired) electrons. The first-order valence-corrected chi connectivity index (χ1v) is 4.88. The van der Waals surface area contributed by atoms with Gasteiger partial charge in [-0.2, -0.15) is 0 Å². The van der Waals surface area contributed by atoms with Crippen molar-refractivity contribution in [3.05, 3.63) is 29.8 Å². The number of rotatable bonds is 3. The van der Waals surface area contributed by atoms with Crippen LogP contribution < -0.4 is 0 Å². The van der Waals surface area contributed by atoms with Crippen LogP contribution in [0.25, 0.3) is 0 Å². The smallest absolute Gasteiger partial charge is 0.257 e. The fourth-order valence-electron chi connectivity index (χ4n) is 1.11. The van der Waals surface area contributed by atoms with Crippen molar-refractivity contribution in [2.24, 2.45) is 0 Å². The third-order valence-electron chi connectivity index (χ3n) is 2.60. The summed E-state index contributed by atoms with van der Waals surface area (Å²) in [6.07, 6.45) is 2.35. The van der Waals surface area contributed by atoms with Gasteiger partial charge in [0.2, 0.25) is 0 Å². The largest absolute Gasteiger partial charge is 0.394 e. The molecular weight excluding hydrogens is 211 g/mol. The van der Waals surface area contributed by atoms with Crippen molar-refractivity contribution in [2.75, 3.05) is 13.7 Å². The minimum atomic E-state index is -0.729. The molecule has 4 nitrogen and oxygen atoms in total. The molecule has 0 saturated carbocycles. The van der Waals surface area contributed by atoms with E-state index >= 15 is 0 Å². The van der Waals surface area contributed by atoms with Gasteiger partial charge in [-0.05, 0) is 19.9 Å². The van der Waals surface area contributed by atoms with Crippen LogP contribution >= 0.6 is 0 Å². The second-order valence-electron chi connectivity index (χ2n) is 4.19. The van der Waals surface area contributed by atoms with Gasteiger partial charge in [-0.25, -0.2) is 4.39 Å². The first kappa shape index (κ1) is 12.6. The maximum atomic E-state index is 13.3. The van der Waals surface area contributed by atoms with Gasteiger partial charge in [-0.1, -0.05) is 0 Å². The lowest BCUT2D eigenvalue weighted by Gasteiger charge is -2.33. The van der Waals surface area contributed by atoms with E-state index in [1.54, 1.807) is 13.8 Å². The highest BCUT2D eigenvalue weighted by Gasteiger charge is 2.28. The van der Waals surface area contributed by atoms with Gasteiger partial charge in [0.25, 0.3) is 5.91 Å². The number of amides is 1. The van der Waals surface area contributed by atoms with E-state index in [1.807, 2.05) is 0 Å². The molecule has 0 spiro atoms. The van der Waals surface area contributed by atoms with Gasteiger partial charge < -0.3 is 10.0 Å². The number of hydrogen-bond donors (Lipinski definition) is 1. The summed E-state index contributed by atoms with van der Waals surface area (Å²) in [5.74, 6) is -1.13. The molecular formula is C11H15FN2O2. The Hall–Kier alpha value is -1.49. The van der Waals surface area contributed by atoms with E-state index in [1.165, 1.54) is 24.2 Å². The van der Waals surface area contributed by atoms with Crippen LogP contribution in [0.15, 0.2) is 18.5 Å². The van der Waals surface area contributed by atoms with E-state index in [0.29, 0.717) is 0 Å². The number of halogens is 1. The highest BCUT2D eigenvalue weighted by molar-refractivity contribution is 5.94. The van der Waals surface area contributed by atoms with Crippen LogP contribution in [-0.2, 0) is 0 Å². The van der Waals surface area contributed by atoms with Crippen LogP contribution in [0.2, 0.25) is 0 Å². The van der Waals surface area contributed by atoms with Crippen molar-refractivity contribution in [3.8, 4) is 0 Å². The number of aromatic nitrogens is 1. The lowest BCUT2D eigenvalue weighted by Crippen LogP contribution is -2.47. The molecule has 0 aliphatic heterocycles. The van der Waals surface area contributed by atoms with Gasteiger partial charge in [0, 0.05) is 13.2 Å². The van der Waals surface area contributed by atoms with Crippen molar-refractivity contribution < 1.29 is 14.3 Å². The van der Waals surface area contributed by atoms with Crippen LogP contribution in [0.3, 0.4) is 0 Å². The maximum Gasteiger partial charge on any atom is 0.257 e. The molecule has 0 saturated heterocycles. The van der Waals surface area contributed by atoms with Gasteiger partial charge in [0.05, 0.1) is 23.9 Å². The lowest BCUT2D eigenvalue weighted by molar-refractivity contribution is 0.0469. The molecule has 1 N–H and O–H groups in total. The Labute approximate surface area is 93.7 Å². The molecule has 0 aliphatic rings. The number of pyridine rings is 1. The Balaban J connectivity index is 3.00. The average molecular weight is 226 g/mol. The van der Waals surface area contributed by atoms with E-state index in [-0.39, 0.29) is 12.2 Å². The molecule has 1 heterocycles. The Morgan fingerprint density at radius 3 is 2.75 bits per heavy atom. The van der Waals surface area contributed by atoms with Crippen molar-refractivity contribution in [1.82, 2.24) is 9.88 Å². The SMILES string of the molecule is CN(C(=O)c1ccncc1F)C(C)(C)CO. The first-order chi connectivity index (χ1) is 7.40. The number of aliphatic hydroxyl groups is 1. The standard InChI is InChI=1S/C11H15FN2O2/c1-11(2,7-15)14(3)10(16)8-4-5-13-6-9(8)12/h4-6,15H,7H2,1-3H3. The summed E-state index contributed by atoms with van der Waals surface area (Å²) in [6, 6.07) is 1.32. The monoisotopic (exact) mass is 226 g/mol. The Kier molecular flexibility index (Phi) is 3.59. The summed E-state index contributed by atoms with van der Waals surface area (Å²) < 4.78 is 13.3. The molecule has 0 aliphatic carbocycles. The fourth-order valence-corrected chi connectivity index (χ4v) is 1.11. The first-order valence-electron chi connectivity index (χ1n) is 4.88. The molecule has 0 unspecified atom stereocenters. The van der Waals surface area contributed by atoms with Gasteiger partial charge >= 0.3 is 0 Å². The Morgan fingerprint density at radius 1 is 1.62 bits per heavy atom. The zero-order valence-corrected chi connectivity index (χ0v) is 9.57. The third kappa shape index (κ3) is 2.36. The van der Waals surface area contributed by atoms with E-state index in [0.717, 1.165) is 6.20 Å². The summed E-state index contributed by atoms with van der Waals surface area (Å²) in [7, 11) is 1.53. The number of likely N-dealkylation sites (N-methyl/N-ethyl adjacent to an activating group) is 1.